The summed E-state index contributed by atoms with van der Waals surface area (Å²) in [6.45, 7) is 1.23. The Balaban J connectivity index is 1.92. The standard InChI is InChI=1S/C12H12F3NO2/c13-9-3-11(15)10(14)2-8(9)6-16-4-7(5-16)1-12(17)18/h2-3,7H,1,4-6H2,(H,17,18). The van der Waals surface area contributed by atoms with Crippen LogP contribution in [0.1, 0.15) is 12.0 Å². The number of hydrogen-bond acceptors (Lipinski definition) is 2. The van der Waals surface area contributed by atoms with Crippen molar-refractivity contribution in [1.29, 1.82) is 0 Å². The minimum Gasteiger partial charge on any atom is -0.481 e. The zero-order valence-corrected chi connectivity index (χ0v) is 9.50. The minimum absolute atomic E-state index is 0.0517. The largest absolute Gasteiger partial charge is 0.481 e. The third-order valence-corrected chi connectivity index (χ3v) is 2.98. The summed E-state index contributed by atoms with van der Waals surface area (Å²) in [5, 5.41) is 8.57. The van der Waals surface area contributed by atoms with E-state index in [1.165, 1.54) is 0 Å². The first-order valence-corrected chi connectivity index (χ1v) is 5.53. The lowest BCUT2D eigenvalue weighted by Crippen LogP contribution is -2.46. The second kappa shape index (κ2) is 4.97. The molecule has 0 spiro atoms. The first-order chi connectivity index (χ1) is 8.45. The van der Waals surface area contributed by atoms with Crippen molar-refractivity contribution < 1.29 is 23.1 Å². The highest BCUT2D eigenvalue weighted by Crippen LogP contribution is 2.23. The molecule has 0 atom stereocenters. The Labute approximate surface area is 102 Å². The van der Waals surface area contributed by atoms with Gasteiger partial charge in [0, 0.05) is 31.3 Å². The molecule has 1 fully saturated rings. The highest BCUT2D eigenvalue weighted by atomic mass is 19.2. The topological polar surface area (TPSA) is 40.5 Å². The SMILES string of the molecule is O=C(O)CC1CN(Cc2cc(F)c(F)cc2F)C1. The molecule has 0 aromatic heterocycles. The molecular weight excluding hydrogens is 247 g/mol. The molecule has 1 aliphatic heterocycles. The van der Waals surface area contributed by atoms with Crippen LogP contribution in [0.25, 0.3) is 0 Å². The van der Waals surface area contributed by atoms with E-state index >= 15 is 0 Å². The van der Waals surface area contributed by atoms with Gasteiger partial charge in [-0.25, -0.2) is 13.2 Å². The Kier molecular flexibility index (Phi) is 3.56. The minimum atomic E-state index is -1.20. The molecule has 0 aliphatic carbocycles. The maximum atomic E-state index is 13.3. The number of hydrogen-bond donors (Lipinski definition) is 1. The molecule has 18 heavy (non-hydrogen) atoms. The van der Waals surface area contributed by atoms with Crippen LogP contribution in [0.4, 0.5) is 13.2 Å². The predicted octanol–water partition coefficient (Wildman–Crippen LogP) is 2.01. The van der Waals surface area contributed by atoms with Gasteiger partial charge >= 0.3 is 5.97 Å². The summed E-state index contributed by atoms with van der Waals surface area (Å²) in [5.41, 5.74) is 0.0858. The maximum absolute atomic E-state index is 13.3. The van der Waals surface area contributed by atoms with Gasteiger partial charge in [0.25, 0.3) is 0 Å². The first kappa shape index (κ1) is 12.9. The van der Waals surface area contributed by atoms with E-state index in [-0.39, 0.29) is 24.4 Å². The normalized spacial score (nSPS) is 16.6. The van der Waals surface area contributed by atoms with Crippen molar-refractivity contribution in [3.63, 3.8) is 0 Å². The monoisotopic (exact) mass is 259 g/mol. The summed E-state index contributed by atoms with van der Waals surface area (Å²) in [5.74, 6) is -3.87. The van der Waals surface area contributed by atoms with Gasteiger partial charge in [-0.1, -0.05) is 0 Å². The van der Waals surface area contributed by atoms with Gasteiger partial charge in [0.05, 0.1) is 6.42 Å². The van der Waals surface area contributed by atoms with Gasteiger partial charge in [-0.2, -0.15) is 0 Å². The molecule has 0 unspecified atom stereocenters. The van der Waals surface area contributed by atoms with Crippen LogP contribution in [-0.4, -0.2) is 29.1 Å². The molecule has 3 nitrogen and oxygen atoms in total. The molecule has 1 aromatic carbocycles. The van der Waals surface area contributed by atoms with E-state index in [1.54, 1.807) is 4.90 Å². The lowest BCUT2D eigenvalue weighted by atomic mass is 9.96. The van der Waals surface area contributed by atoms with Crippen LogP contribution in [0.3, 0.4) is 0 Å². The second-order valence-corrected chi connectivity index (χ2v) is 4.52. The zero-order valence-electron chi connectivity index (χ0n) is 9.50. The number of carboxylic acid groups (broad SMARTS) is 1. The fourth-order valence-corrected chi connectivity index (χ4v) is 2.11. The molecule has 0 amide bonds. The quantitative estimate of drug-likeness (QED) is 0.841. The Bertz CT molecular complexity index is 473. The van der Waals surface area contributed by atoms with Crippen LogP contribution in [0.15, 0.2) is 12.1 Å². The van der Waals surface area contributed by atoms with Crippen LogP contribution in [-0.2, 0) is 11.3 Å². The third kappa shape index (κ3) is 2.81. The van der Waals surface area contributed by atoms with Crippen molar-refractivity contribution in [3.8, 4) is 0 Å². The molecule has 0 saturated carbocycles. The highest BCUT2D eigenvalue weighted by Gasteiger charge is 2.29. The lowest BCUT2D eigenvalue weighted by Gasteiger charge is -2.38. The molecule has 1 saturated heterocycles. The number of carboxylic acids is 1. The highest BCUT2D eigenvalue weighted by molar-refractivity contribution is 5.67. The Morgan fingerprint density at radius 1 is 1.22 bits per heavy atom. The van der Waals surface area contributed by atoms with Crippen molar-refractivity contribution >= 4 is 5.97 Å². The summed E-state index contributed by atoms with van der Waals surface area (Å²) in [4.78, 5) is 12.2. The van der Waals surface area contributed by atoms with E-state index < -0.39 is 23.4 Å². The van der Waals surface area contributed by atoms with Crippen molar-refractivity contribution in [3.05, 3.63) is 35.1 Å². The van der Waals surface area contributed by atoms with Gasteiger partial charge in [-0.15, -0.1) is 0 Å². The number of rotatable bonds is 4. The number of halogens is 3. The lowest BCUT2D eigenvalue weighted by molar-refractivity contribution is -0.139. The number of aliphatic carboxylic acids is 1. The van der Waals surface area contributed by atoms with Crippen LogP contribution in [0.2, 0.25) is 0 Å². The van der Waals surface area contributed by atoms with Gasteiger partial charge < -0.3 is 5.11 Å². The molecule has 1 aromatic rings. The number of benzene rings is 1. The number of nitrogens with zero attached hydrogens (tertiary/aromatic N) is 1. The summed E-state index contributed by atoms with van der Waals surface area (Å²) < 4.78 is 39.0. The van der Waals surface area contributed by atoms with Gasteiger partial charge in [-0.05, 0) is 12.0 Å². The maximum Gasteiger partial charge on any atom is 0.303 e. The molecule has 1 heterocycles. The zero-order chi connectivity index (χ0) is 13.3. The Morgan fingerprint density at radius 3 is 2.44 bits per heavy atom. The fourth-order valence-electron chi connectivity index (χ4n) is 2.11. The summed E-state index contributed by atoms with van der Waals surface area (Å²) in [7, 11) is 0. The van der Waals surface area contributed by atoms with Crippen molar-refractivity contribution in [2.45, 2.75) is 13.0 Å². The number of carbonyl (C=O) groups is 1. The van der Waals surface area contributed by atoms with E-state index in [0.29, 0.717) is 19.2 Å². The summed E-state index contributed by atoms with van der Waals surface area (Å²) >= 11 is 0. The van der Waals surface area contributed by atoms with E-state index in [9.17, 15) is 18.0 Å². The van der Waals surface area contributed by atoms with Crippen molar-refractivity contribution in [2.24, 2.45) is 5.92 Å². The van der Waals surface area contributed by atoms with E-state index in [4.69, 9.17) is 5.11 Å². The third-order valence-electron chi connectivity index (χ3n) is 2.98. The first-order valence-electron chi connectivity index (χ1n) is 5.53. The average Bonchev–Trinajstić information content (AvgIpc) is 2.21. The molecule has 6 heteroatoms. The van der Waals surface area contributed by atoms with Crippen LogP contribution < -0.4 is 0 Å². The molecular formula is C12H12F3NO2. The van der Waals surface area contributed by atoms with E-state index in [0.717, 1.165) is 6.07 Å². The summed E-state index contributed by atoms with van der Waals surface area (Å²) in [6, 6.07) is 1.37. The van der Waals surface area contributed by atoms with Crippen LogP contribution in [0.5, 0.6) is 0 Å². The van der Waals surface area contributed by atoms with Crippen LogP contribution >= 0.6 is 0 Å². The van der Waals surface area contributed by atoms with E-state index in [2.05, 4.69) is 0 Å². The van der Waals surface area contributed by atoms with Gasteiger partial charge in [0.1, 0.15) is 5.82 Å². The molecule has 98 valence electrons. The van der Waals surface area contributed by atoms with Gasteiger partial charge in [-0.3, -0.25) is 9.69 Å². The molecule has 0 bridgehead atoms. The second-order valence-electron chi connectivity index (χ2n) is 4.52. The predicted molar refractivity (Wildman–Crippen MR) is 57.3 cm³/mol. The van der Waals surface area contributed by atoms with Crippen molar-refractivity contribution in [2.75, 3.05) is 13.1 Å². The molecule has 1 aliphatic rings. The molecule has 1 N–H and O–H groups in total. The average molecular weight is 259 g/mol. The smallest absolute Gasteiger partial charge is 0.303 e. The van der Waals surface area contributed by atoms with Crippen LogP contribution in [0, 0.1) is 23.4 Å². The Hall–Kier alpha value is -1.56. The van der Waals surface area contributed by atoms with Gasteiger partial charge in [0.2, 0.25) is 0 Å². The fraction of sp³-hybridized carbons (Fsp3) is 0.417. The van der Waals surface area contributed by atoms with Gasteiger partial charge in [0.15, 0.2) is 11.6 Å². The molecule has 2 rings (SSSR count). The van der Waals surface area contributed by atoms with E-state index in [1.807, 2.05) is 0 Å². The number of likely N-dealkylation sites (tertiary alicyclic amines) is 1. The summed E-state index contributed by atoms with van der Waals surface area (Å²) in [6.07, 6.45) is 0.0801. The Morgan fingerprint density at radius 2 is 1.83 bits per heavy atom. The molecule has 0 radical (unpaired) electrons. The van der Waals surface area contributed by atoms with Crippen molar-refractivity contribution in [1.82, 2.24) is 4.90 Å².